The highest BCUT2D eigenvalue weighted by Gasteiger charge is 2.28. The molecule has 4 nitrogen and oxygen atoms in total. The van der Waals surface area contributed by atoms with Crippen molar-refractivity contribution in [1.29, 1.82) is 0 Å². The Morgan fingerprint density at radius 2 is 2.05 bits per heavy atom. The second-order valence-electron chi connectivity index (χ2n) is 5.39. The van der Waals surface area contributed by atoms with Crippen LogP contribution in [0.5, 0.6) is 0 Å². The van der Waals surface area contributed by atoms with Gasteiger partial charge in [0.2, 0.25) is 0 Å². The van der Waals surface area contributed by atoms with E-state index in [1.54, 1.807) is 18.5 Å². The predicted octanol–water partition coefficient (Wildman–Crippen LogP) is 1.90. The van der Waals surface area contributed by atoms with E-state index in [9.17, 15) is 4.79 Å². The van der Waals surface area contributed by atoms with Gasteiger partial charge in [-0.3, -0.25) is 14.7 Å². The van der Waals surface area contributed by atoms with Crippen LogP contribution in [0.2, 0.25) is 5.02 Å². The van der Waals surface area contributed by atoms with E-state index in [0.29, 0.717) is 10.6 Å². The number of piperazine rings is 1. The van der Waals surface area contributed by atoms with E-state index in [4.69, 9.17) is 11.6 Å². The van der Waals surface area contributed by atoms with E-state index in [1.807, 2.05) is 4.90 Å². The first-order chi connectivity index (χ1) is 9.24. The monoisotopic (exact) mass is 279 g/mol. The lowest BCUT2D eigenvalue weighted by Gasteiger charge is -2.34. The van der Waals surface area contributed by atoms with Crippen molar-refractivity contribution in [2.24, 2.45) is 5.92 Å². The zero-order valence-corrected chi connectivity index (χ0v) is 11.6. The summed E-state index contributed by atoms with van der Waals surface area (Å²) in [6, 6.07) is 1.66. The molecule has 0 spiro atoms. The summed E-state index contributed by atoms with van der Waals surface area (Å²) in [6.07, 6.45) is 5.92. The van der Waals surface area contributed by atoms with Gasteiger partial charge in [-0.25, -0.2) is 0 Å². The summed E-state index contributed by atoms with van der Waals surface area (Å²) in [5.74, 6) is 0.916. The summed E-state index contributed by atoms with van der Waals surface area (Å²) in [5.41, 5.74) is 0.514. The molecule has 1 aromatic heterocycles. The number of pyridine rings is 1. The van der Waals surface area contributed by atoms with Gasteiger partial charge in [-0.1, -0.05) is 11.6 Å². The average molecular weight is 280 g/mol. The van der Waals surface area contributed by atoms with Gasteiger partial charge in [0, 0.05) is 45.1 Å². The standard InChI is InChI=1S/C14H18ClN3O/c15-13-3-4-16-9-12(13)14(19)18-7-5-17(6-8-18)10-11-1-2-11/h3-4,9,11H,1-2,5-8,10H2. The van der Waals surface area contributed by atoms with E-state index in [2.05, 4.69) is 9.88 Å². The third-order valence-corrected chi connectivity index (χ3v) is 4.20. The van der Waals surface area contributed by atoms with Crippen LogP contribution in [-0.4, -0.2) is 53.4 Å². The molecule has 0 bridgehead atoms. The van der Waals surface area contributed by atoms with Crippen LogP contribution >= 0.6 is 11.6 Å². The van der Waals surface area contributed by atoms with Crippen LogP contribution in [0.15, 0.2) is 18.5 Å². The third kappa shape index (κ3) is 3.07. The van der Waals surface area contributed by atoms with Gasteiger partial charge in [0.1, 0.15) is 0 Å². The molecular weight excluding hydrogens is 262 g/mol. The summed E-state index contributed by atoms with van der Waals surface area (Å²) in [4.78, 5) is 20.7. The molecule has 1 amide bonds. The predicted molar refractivity (Wildman–Crippen MR) is 74.3 cm³/mol. The molecule has 3 rings (SSSR count). The highest BCUT2D eigenvalue weighted by Crippen LogP contribution is 2.30. The molecule has 0 unspecified atom stereocenters. The molecule has 1 aromatic rings. The number of carbonyl (C=O) groups is 1. The van der Waals surface area contributed by atoms with Crippen LogP contribution < -0.4 is 0 Å². The number of rotatable bonds is 3. The molecule has 0 atom stereocenters. The first-order valence-electron chi connectivity index (χ1n) is 6.85. The lowest BCUT2D eigenvalue weighted by Crippen LogP contribution is -2.49. The quantitative estimate of drug-likeness (QED) is 0.848. The molecule has 1 aliphatic carbocycles. The first kappa shape index (κ1) is 12.9. The van der Waals surface area contributed by atoms with E-state index in [-0.39, 0.29) is 5.91 Å². The number of halogens is 1. The van der Waals surface area contributed by atoms with Gasteiger partial charge in [0.05, 0.1) is 10.6 Å². The van der Waals surface area contributed by atoms with Crippen molar-refractivity contribution in [3.05, 3.63) is 29.0 Å². The van der Waals surface area contributed by atoms with E-state index in [1.165, 1.54) is 19.4 Å². The topological polar surface area (TPSA) is 36.4 Å². The normalized spacial score (nSPS) is 20.6. The summed E-state index contributed by atoms with van der Waals surface area (Å²) in [6.45, 7) is 4.73. The third-order valence-electron chi connectivity index (χ3n) is 3.87. The fourth-order valence-electron chi connectivity index (χ4n) is 2.50. The Kier molecular flexibility index (Phi) is 3.71. The minimum absolute atomic E-state index is 0.00386. The van der Waals surface area contributed by atoms with E-state index < -0.39 is 0 Å². The van der Waals surface area contributed by atoms with Crippen molar-refractivity contribution in [3.63, 3.8) is 0 Å². The summed E-state index contributed by atoms with van der Waals surface area (Å²) in [5, 5.41) is 0.486. The second-order valence-corrected chi connectivity index (χ2v) is 5.80. The van der Waals surface area contributed by atoms with E-state index >= 15 is 0 Å². The fraction of sp³-hybridized carbons (Fsp3) is 0.571. The van der Waals surface area contributed by atoms with Crippen LogP contribution in [0, 0.1) is 5.92 Å². The first-order valence-corrected chi connectivity index (χ1v) is 7.23. The fourth-order valence-corrected chi connectivity index (χ4v) is 2.69. The van der Waals surface area contributed by atoms with Gasteiger partial charge in [-0.2, -0.15) is 0 Å². The molecular formula is C14H18ClN3O. The zero-order chi connectivity index (χ0) is 13.2. The Hall–Kier alpha value is -1.13. The molecule has 0 aromatic carbocycles. The van der Waals surface area contributed by atoms with Crippen molar-refractivity contribution < 1.29 is 4.79 Å². The molecule has 2 heterocycles. The highest BCUT2D eigenvalue weighted by molar-refractivity contribution is 6.33. The number of carbonyl (C=O) groups excluding carboxylic acids is 1. The number of aromatic nitrogens is 1. The van der Waals surface area contributed by atoms with Crippen molar-refractivity contribution in [2.75, 3.05) is 32.7 Å². The van der Waals surface area contributed by atoms with Gasteiger partial charge in [-0.05, 0) is 24.8 Å². The molecule has 102 valence electrons. The summed E-state index contributed by atoms with van der Waals surface area (Å²) in [7, 11) is 0. The van der Waals surface area contributed by atoms with Crippen molar-refractivity contribution in [1.82, 2.24) is 14.8 Å². The molecule has 2 fully saturated rings. The molecule has 1 saturated heterocycles. The molecule has 19 heavy (non-hydrogen) atoms. The minimum Gasteiger partial charge on any atom is -0.336 e. The number of hydrogen-bond acceptors (Lipinski definition) is 3. The van der Waals surface area contributed by atoms with Crippen LogP contribution in [0.3, 0.4) is 0 Å². The lowest BCUT2D eigenvalue weighted by molar-refractivity contribution is 0.0632. The molecule has 2 aliphatic rings. The smallest absolute Gasteiger partial charge is 0.257 e. The Balaban J connectivity index is 1.58. The maximum atomic E-state index is 12.3. The van der Waals surface area contributed by atoms with Crippen molar-refractivity contribution in [3.8, 4) is 0 Å². The number of hydrogen-bond donors (Lipinski definition) is 0. The van der Waals surface area contributed by atoms with Gasteiger partial charge in [0.15, 0.2) is 0 Å². The number of nitrogens with zero attached hydrogens (tertiary/aromatic N) is 3. The molecule has 1 aliphatic heterocycles. The SMILES string of the molecule is O=C(c1cnccc1Cl)N1CCN(CC2CC2)CC1. The Morgan fingerprint density at radius 3 is 2.68 bits per heavy atom. The highest BCUT2D eigenvalue weighted by atomic mass is 35.5. The van der Waals surface area contributed by atoms with Gasteiger partial charge in [0.25, 0.3) is 5.91 Å². The zero-order valence-electron chi connectivity index (χ0n) is 10.9. The minimum atomic E-state index is 0.00386. The maximum absolute atomic E-state index is 12.3. The summed E-state index contributed by atoms with van der Waals surface area (Å²) >= 11 is 6.05. The second kappa shape index (κ2) is 5.47. The van der Waals surface area contributed by atoms with Crippen LogP contribution in [-0.2, 0) is 0 Å². The largest absolute Gasteiger partial charge is 0.336 e. The van der Waals surface area contributed by atoms with Crippen molar-refractivity contribution >= 4 is 17.5 Å². The van der Waals surface area contributed by atoms with Gasteiger partial charge < -0.3 is 4.90 Å². The molecule has 1 saturated carbocycles. The Bertz CT molecular complexity index is 468. The van der Waals surface area contributed by atoms with Gasteiger partial charge >= 0.3 is 0 Å². The van der Waals surface area contributed by atoms with Crippen LogP contribution in [0.25, 0.3) is 0 Å². The van der Waals surface area contributed by atoms with Crippen LogP contribution in [0.4, 0.5) is 0 Å². The van der Waals surface area contributed by atoms with Crippen LogP contribution in [0.1, 0.15) is 23.2 Å². The lowest BCUT2D eigenvalue weighted by atomic mass is 10.2. The van der Waals surface area contributed by atoms with Crippen molar-refractivity contribution in [2.45, 2.75) is 12.8 Å². The molecule has 0 radical (unpaired) electrons. The molecule has 5 heteroatoms. The number of amides is 1. The average Bonchev–Trinajstić information content (AvgIpc) is 3.23. The summed E-state index contributed by atoms with van der Waals surface area (Å²) < 4.78 is 0. The van der Waals surface area contributed by atoms with E-state index in [0.717, 1.165) is 32.1 Å². The maximum Gasteiger partial charge on any atom is 0.257 e. The Labute approximate surface area is 118 Å². The molecule has 0 N–H and O–H groups in total. The Morgan fingerprint density at radius 1 is 1.32 bits per heavy atom. The van der Waals surface area contributed by atoms with Gasteiger partial charge in [-0.15, -0.1) is 0 Å².